The Labute approximate surface area is 125 Å². The Hall–Kier alpha value is -2.08. The van der Waals surface area contributed by atoms with E-state index in [1.165, 1.54) is 0 Å². The maximum atomic E-state index is 11.5. The molecule has 0 saturated heterocycles. The largest absolute Gasteiger partial charge is 0.480 e. The van der Waals surface area contributed by atoms with E-state index >= 15 is 0 Å². The van der Waals surface area contributed by atoms with Crippen LogP contribution in [0, 0.1) is 13.8 Å². The second-order valence-corrected chi connectivity index (χ2v) is 4.48. The predicted molar refractivity (Wildman–Crippen MR) is 82.3 cm³/mol. The summed E-state index contributed by atoms with van der Waals surface area (Å²) in [5.41, 5.74) is 7.86. The van der Waals surface area contributed by atoms with Crippen molar-refractivity contribution in [3.8, 4) is 0 Å². The summed E-state index contributed by atoms with van der Waals surface area (Å²) >= 11 is 0. The third kappa shape index (κ3) is 7.31. The molecule has 0 aromatic heterocycles. The number of hydrogen-bond donors (Lipinski definition) is 3. The van der Waals surface area contributed by atoms with Crippen molar-refractivity contribution in [2.24, 2.45) is 5.73 Å². The fourth-order valence-corrected chi connectivity index (χ4v) is 1.58. The molecule has 0 saturated carbocycles. The summed E-state index contributed by atoms with van der Waals surface area (Å²) in [6, 6.07) is 5.73. The number of rotatable bonds is 5. The van der Waals surface area contributed by atoms with Crippen molar-refractivity contribution < 1.29 is 19.4 Å². The highest BCUT2D eigenvalue weighted by atomic mass is 16.5. The zero-order valence-corrected chi connectivity index (χ0v) is 13.0. The van der Waals surface area contributed by atoms with E-state index in [0.717, 1.165) is 16.8 Å². The summed E-state index contributed by atoms with van der Waals surface area (Å²) in [6.45, 7) is 7.80. The van der Waals surface area contributed by atoms with Crippen molar-refractivity contribution in [1.82, 2.24) is 0 Å². The number of ether oxygens (including phenoxy) is 1. The molecule has 4 N–H and O–H groups in total. The van der Waals surface area contributed by atoms with Crippen LogP contribution in [0.5, 0.6) is 0 Å². The number of esters is 1. The molecule has 0 aliphatic carbocycles. The monoisotopic (exact) mass is 296 g/mol. The first-order valence-electron chi connectivity index (χ1n) is 6.74. The molecule has 0 fully saturated rings. The number of carboxylic acid groups (broad SMARTS) is 1. The second kappa shape index (κ2) is 9.77. The predicted octanol–water partition coefficient (Wildman–Crippen LogP) is 1.70. The van der Waals surface area contributed by atoms with Crippen molar-refractivity contribution in [3.63, 3.8) is 0 Å². The maximum absolute atomic E-state index is 11.5. The van der Waals surface area contributed by atoms with Crippen LogP contribution in [0.25, 0.3) is 0 Å². The molecule has 0 bridgehead atoms. The first kappa shape index (κ1) is 18.9. The van der Waals surface area contributed by atoms with E-state index in [1.807, 2.05) is 45.9 Å². The summed E-state index contributed by atoms with van der Waals surface area (Å²) < 4.78 is 4.95. The van der Waals surface area contributed by atoms with E-state index in [4.69, 9.17) is 9.84 Å². The molecule has 0 amide bonds. The molecule has 1 atom stereocenters. The number of aryl methyl sites for hydroxylation is 2. The molecular formula is C15H24N2O4. The van der Waals surface area contributed by atoms with Gasteiger partial charge < -0.3 is 20.9 Å². The van der Waals surface area contributed by atoms with Gasteiger partial charge in [0.15, 0.2) is 0 Å². The number of anilines is 1. The summed E-state index contributed by atoms with van der Waals surface area (Å²) in [4.78, 5) is 20.7. The van der Waals surface area contributed by atoms with Crippen molar-refractivity contribution in [2.45, 2.75) is 33.7 Å². The molecule has 6 heteroatoms. The van der Waals surface area contributed by atoms with Crippen LogP contribution in [-0.4, -0.2) is 36.2 Å². The van der Waals surface area contributed by atoms with Crippen LogP contribution in [-0.2, 0) is 14.3 Å². The molecule has 21 heavy (non-hydrogen) atoms. The third-order valence-corrected chi connectivity index (χ3v) is 2.66. The Morgan fingerprint density at radius 3 is 2.19 bits per heavy atom. The average molecular weight is 296 g/mol. The van der Waals surface area contributed by atoms with Gasteiger partial charge in [-0.2, -0.15) is 0 Å². The SMILES string of the molecule is CCOC(=O)[C@H](C)Nc1c(C)cccc1C.NCC(=O)O. The number of benzene rings is 1. The molecule has 1 aromatic rings. The van der Waals surface area contributed by atoms with E-state index in [2.05, 4.69) is 11.1 Å². The van der Waals surface area contributed by atoms with Crippen LogP contribution >= 0.6 is 0 Å². The average Bonchev–Trinajstić information content (AvgIpc) is 2.43. The maximum Gasteiger partial charge on any atom is 0.328 e. The molecule has 0 aliphatic heterocycles. The Kier molecular flexibility index (Phi) is 8.80. The van der Waals surface area contributed by atoms with Gasteiger partial charge in [0.05, 0.1) is 13.2 Å². The summed E-state index contributed by atoms with van der Waals surface area (Å²) in [5.74, 6) is -1.19. The first-order chi connectivity index (χ1) is 9.83. The zero-order valence-electron chi connectivity index (χ0n) is 13.0. The van der Waals surface area contributed by atoms with Gasteiger partial charge >= 0.3 is 11.9 Å². The Morgan fingerprint density at radius 2 is 1.81 bits per heavy atom. The minimum atomic E-state index is -0.968. The van der Waals surface area contributed by atoms with Crippen molar-refractivity contribution in [3.05, 3.63) is 29.3 Å². The third-order valence-electron chi connectivity index (χ3n) is 2.66. The van der Waals surface area contributed by atoms with Crippen molar-refractivity contribution >= 4 is 17.6 Å². The highest BCUT2D eigenvalue weighted by Gasteiger charge is 2.15. The molecule has 1 rings (SSSR count). The molecule has 118 valence electrons. The van der Waals surface area contributed by atoms with Gasteiger partial charge in [-0.3, -0.25) is 4.79 Å². The van der Waals surface area contributed by atoms with E-state index < -0.39 is 5.97 Å². The van der Waals surface area contributed by atoms with Gasteiger partial charge in [-0.1, -0.05) is 18.2 Å². The number of aliphatic carboxylic acids is 1. The summed E-state index contributed by atoms with van der Waals surface area (Å²) in [5, 5.41) is 10.8. The Balaban J connectivity index is 0.000000690. The fourth-order valence-electron chi connectivity index (χ4n) is 1.58. The topological polar surface area (TPSA) is 102 Å². The van der Waals surface area contributed by atoms with Crippen LogP contribution in [0.2, 0.25) is 0 Å². The van der Waals surface area contributed by atoms with Crippen LogP contribution in [0.15, 0.2) is 18.2 Å². The molecule has 0 heterocycles. The molecule has 0 unspecified atom stereocenters. The van der Waals surface area contributed by atoms with E-state index in [-0.39, 0.29) is 18.6 Å². The lowest BCUT2D eigenvalue weighted by Crippen LogP contribution is -2.28. The summed E-state index contributed by atoms with van der Waals surface area (Å²) in [7, 11) is 0. The molecule has 0 radical (unpaired) electrons. The first-order valence-corrected chi connectivity index (χ1v) is 6.74. The highest BCUT2D eigenvalue weighted by Crippen LogP contribution is 2.20. The minimum absolute atomic E-state index is 0.217. The molecule has 0 spiro atoms. The van der Waals surface area contributed by atoms with Gasteiger partial charge in [0, 0.05) is 5.69 Å². The minimum Gasteiger partial charge on any atom is -0.480 e. The lowest BCUT2D eigenvalue weighted by Gasteiger charge is -2.17. The normalized spacial score (nSPS) is 10.9. The number of nitrogens with two attached hydrogens (primary N) is 1. The van der Waals surface area contributed by atoms with Gasteiger partial charge in [-0.05, 0) is 38.8 Å². The van der Waals surface area contributed by atoms with Crippen LogP contribution in [0.3, 0.4) is 0 Å². The summed E-state index contributed by atoms with van der Waals surface area (Å²) in [6.07, 6.45) is 0. The molecular weight excluding hydrogens is 272 g/mol. The number of carbonyl (C=O) groups excluding carboxylic acids is 1. The van der Waals surface area contributed by atoms with Gasteiger partial charge in [0.2, 0.25) is 0 Å². The van der Waals surface area contributed by atoms with E-state index in [1.54, 1.807) is 0 Å². The number of nitrogens with one attached hydrogen (secondary N) is 1. The quantitative estimate of drug-likeness (QED) is 0.715. The number of hydrogen-bond acceptors (Lipinski definition) is 5. The fraction of sp³-hybridized carbons (Fsp3) is 0.467. The van der Waals surface area contributed by atoms with Gasteiger partial charge in [-0.15, -0.1) is 0 Å². The highest BCUT2D eigenvalue weighted by molar-refractivity contribution is 5.79. The molecule has 0 aliphatic rings. The van der Waals surface area contributed by atoms with Crippen LogP contribution in [0.4, 0.5) is 5.69 Å². The Morgan fingerprint density at radius 1 is 1.33 bits per heavy atom. The number of para-hydroxylation sites is 1. The molecule has 1 aromatic carbocycles. The van der Waals surface area contributed by atoms with E-state index in [9.17, 15) is 9.59 Å². The van der Waals surface area contributed by atoms with Crippen LogP contribution in [0.1, 0.15) is 25.0 Å². The second-order valence-electron chi connectivity index (χ2n) is 4.48. The van der Waals surface area contributed by atoms with Crippen LogP contribution < -0.4 is 11.1 Å². The van der Waals surface area contributed by atoms with Crippen molar-refractivity contribution in [1.29, 1.82) is 0 Å². The number of carboxylic acids is 1. The van der Waals surface area contributed by atoms with Gasteiger partial charge in [0.25, 0.3) is 0 Å². The van der Waals surface area contributed by atoms with Crippen molar-refractivity contribution in [2.75, 3.05) is 18.5 Å². The zero-order chi connectivity index (χ0) is 16.4. The lowest BCUT2D eigenvalue weighted by molar-refractivity contribution is -0.143. The lowest BCUT2D eigenvalue weighted by atomic mass is 10.1. The number of carbonyl (C=O) groups is 2. The molecule has 6 nitrogen and oxygen atoms in total. The van der Waals surface area contributed by atoms with E-state index in [0.29, 0.717) is 6.61 Å². The Bertz CT molecular complexity index is 454. The standard InChI is InChI=1S/C13H19NO2.C2H5NO2/c1-5-16-13(15)11(4)14-12-9(2)7-6-8-10(12)3;3-1-2(4)5/h6-8,11,14H,5H2,1-4H3;1,3H2,(H,4,5)/t11-;/m0./s1. The van der Waals surface area contributed by atoms with Gasteiger partial charge in [0.1, 0.15) is 6.04 Å². The smallest absolute Gasteiger partial charge is 0.328 e. The van der Waals surface area contributed by atoms with Gasteiger partial charge in [-0.25, -0.2) is 4.79 Å².